The smallest absolute Gasteiger partial charge is 0.126 e. The van der Waals surface area contributed by atoms with Gasteiger partial charge in [0.2, 0.25) is 0 Å². The Morgan fingerprint density at radius 2 is 1.75 bits per heavy atom. The van der Waals surface area contributed by atoms with Gasteiger partial charge in [-0.25, -0.2) is 4.39 Å². The third kappa shape index (κ3) is 1.98. The van der Waals surface area contributed by atoms with Gasteiger partial charge in [0.05, 0.1) is 7.11 Å². The van der Waals surface area contributed by atoms with Crippen LogP contribution < -0.4 is 4.74 Å². The van der Waals surface area contributed by atoms with Crippen molar-refractivity contribution in [2.45, 2.75) is 0 Å². The van der Waals surface area contributed by atoms with Crippen LogP contribution in [0.3, 0.4) is 0 Å². The van der Waals surface area contributed by atoms with Crippen LogP contribution in [-0.2, 0) is 0 Å². The average Bonchev–Trinajstić information content (AvgIpc) is 2.30. The second-order valence-corrected chi connectivity index (χ2v) is 3.39. The number of phenolic OH excluding ortho intramolecular Hbond substituents is 1. The lowest BCUT2D eigenvalue weighted by molar-refractivity contribution is 0.415. The molecular formula is C13H11FO2. The van der Waals surface area contributed by atoms with Gasteiger partial charge in [-0.15, -0.1) is 0 Å². The van der Waals surface area contributed by atoms with Crippen molar-refractivity contribution in [3.05, 3.63) is 48.3 Å². The number of halogens is 1. The number of methoxy groups -OCH3 is 1. The molecule has 2 aromatic carbocycles. The fourth-order valence-corrected chi connectivity index (χ4v) is 1.55. The number of hydrogen-bond acceptors (Lipinski definition) is 2. The predicted octanol–water partition coefficient (Wildman–Crippen LogP) is 3.21. The number of aromatic hydroxyl groups is 1. The molecule has 2 nitrogen and oxygen atoms in total. The largest absolute Gasteiger partial charge is 0.508 e. The van der Waals surface area contributed by atoms with E-state index in [9.17, 15) is 9.50 Å². The van der Waals surface area contributed by atoms with Crippen molar-refractivity contribution in [1.82, 2.24) is 0 Å². The van der Waals surface area contributed by atoms with Crippen LogP contribution in [-0.4, -0.2) is 12.2 Å². The third-order valence-corrected chi connectivity index (χ3v) is 2.34. The van der Waals surface area contributed by atoms with Crippen LogP contribution in [0.15, 0.2) is 42.5 Å². The molecular weight excluding hydrogens is 207 g/mol. The summed E-state index contributed by atoms with van der Waals surface area (Å²) in [6.07, 6.45) is 0. The molecule has 3 heteroatoms. The van der Waals surface area contributed by atoms with Gasteiger partial charge < -0.3 is 9.84 Å². The number of phenols is 1. The van der Waals surface area contributed by atoms with Crippen molar-refractivity contribution in [3.63, 3.8) is 0 Å². The lowest BCUT2D eigenvalue weighted by Crippen LogP contribution is -1.88. The summed E-state index contributed by atoms with van der Waals surface area (Å²) in [6, 6.07) is 10.9. The minimum atomic E-state index is -0.316. The molecule has 0 heterocycles. The Bertz CT molecular complexity index is 492. The van der Waals surface area contributed by atoms with Gasteiger partial charge in [-0.2, -0.15) is 0 Å². The van der Waals surface area contributed by atoms with E-state index < -0.39 is 0 Å². The Labute approximate surface area is 92.9 Å². The first-order chi connectivity index (χ1) is 7.70. The van der Waals surface area contributed by atoms with Crippen molar-refractivity contribution in [1.29, 1.82) is 0 Å². The van der Waals surface area contributed by atoms with Crippen LogP contribution in [0.1, 0.15) is 0 Å². The molecule has 0 saturated carbocycles. The topological polar surface area (TPSA) is 29.5 Å². The van der Waals surface area contributed by atoms with Gasteiger partial charge in [-0.05, 0) is 35.9 Å². The van der Waals surface area contributed by atoms with E-state index in [-0.39, 0.29) is 11.6 Å². The van der Waals surface area contributed by atoms with E-state index in [2.05, 4.69) is 0 Å². The maximum Gasteiger partial charge on any atom is 0.126 e. The van der Waals surface area contributed by atoms with Gasteiger partial charge in [0, 0.05) is 5.56 Å². The molecule has 16 heavy (non-hydrogen) atoms. The summed E-state index contributed by atoms with van der Waals surface area (Å²) in [5.74, 6) is 0.468. The molecule has 1 N–H and O–H groups in total. The minimum absolute atomic E-state index is 0.180. The van der Waals surface area contributed by atoms with Gasteiger partial charge in [0.1, 0.15) is 17.3 Å². The van der Waals surface area contributed by atoms with Gasteiger partial charge in [0.15, 0.2) is 0 Å². The molecule has 0 aliphatic rings. The van der Waals surface area contributed by atoms with E-state index >= 15 is 0 Å². The first-order valence-corrected chi connectivity index (χ1v) is 4.83. The van der Waals surface area contributed by atoms with Crippen molar-refractivity contribution < 1.29 is 14.2 Å². The molecule has 2 rings (SSSR count). The fourth-order valence-electron chi connectivity index (χ4n) is 1.55. The van der Waals surface area contributed by atoms with Crippen molar-refractivity contribution in [2.75, 3.05) is 7.11 Å². The maximum atomic E-state index is 13.1. The van der Waals surface area contributed by atoms with E-state index in [4.69, 9.17) is 4.74 Å². The number of rotatable bonds is 2. The van der Waals surface area contributed by atoms with Gasteiger partial charge in [-0.3, -0.25) is 0 Å². The molecule has 0 spiro atoms. The zero-order valence-electron chi connectivity index (χ0n) is 8.77. The van der Waals surface area contributed by atoms with Crippen LogP contribution in [0, 0.1) is 5.82 Å². The second kappa shape index (κ2) is 4.23. The molecule has 0 fully saturated rings. The Kier molecular flexibility index (Phi) is 2.77. The van der Waals surface area contributed by atoms with Crippen LogP contribution in [0.4, 0.5) is 4.39 Å². The fraction of sp³-hybridized carbons (Fsp3) is 0.0769. The highest BCUT2D eigenvalue weighted by atomic mass is 19.1. The Hall–Kier alpha value is -2.03. The van der Waals surface area contributed by atoms with Gasteiger partial charge >= 0.3 is 0 Å². The summed E-state index contributed by atoms with van der Waals surface area (Å²) in [7, 11) is 1.54. The van der Waals surface area contributed by atoms with Crippen molar-refractivity contribution in [2.24, 2.45) is 0 Å². The average molecular weight is 218 g/mol. The summed E-state index contributed by atoms with van der Waals surface area (Å²) >= 11 is 0. The van der Waals surface area contributed by atoms with Crippen LogP contribution in [0.2, 0.25) is 0 Å². The van der Waals surface area contributed by atoms with E-state index in [1.54, 1.807) is 30.3 Å². The normalized spacial score (nSPS) is 10.1. The standard InChI is InChI=1S/C13H11FO2/c1-16-13-7-4-10(14)8-12(13)9-2-5-11(15)6-3-9/h2-8,15H,1H3. The number of ether oxygens (including phenoxy) is 1. The Morgan fingerprint density at radius 1 is 1.06 bits per heavy atom. The van der Waals surface area contributed by atoms with Crippen LogP contribution >= 0.6 is 0 Å². The molecule has 2 aromatic rings. The third-order valence-electron chi connectivity index (χ3n) is 2.34. The van der Waals surface area contributed by atoms with Crippen LogP contribution in [0.25, 0.3) is 11.1 Å². The molecule has 82 valence electrons. The summed E-state index contributed by atoms with van der Waals surface area (Å²) in [5, 5.41) is 9.18. The molecule has 0 saturated heterocycles. The van der Waals surface area contributed by atoms with E-state index in [1.807, 2.05) is 0 Å². The Morgan fingerprint density at radius 3 is 2.38 bits per heavy atom. The maximum absolute atomic E-state index is 13.1. The SMILES string of the molecule is COc1ccc(F)cc1-c1ccc(O)cc1. The first kappa shape index (κ1) is 10.5. The highest BCUT2D eigenvalue weighted by Crippen LogP contribution is 2.31. The second-order valence-electron chi connectivity index (χ2n) is 3.39. The highest BCUT2D eigenvalue weighted by molar-refractivity contribution is 5.70. The molecule has 0 bridgehead atoms. The first-order valence-electron chi connectivity index (χ1n) is 4.83. The van der Waals surface area contributed by atoms with Crippen molar-refractivity contribution >= 4 is 0 Å². The molecule has 0 radical (unpaired) electrons. The summed E-state index contributed by atoms with van der Waals surface area (Å²) in [4.78, 5) is 0. The number of hydrogen-bond donors (Lipinski definition) is 1. The summed E-state index contributed by atoms with van der Waals surface area (Å²) in [6.45, 7) is 0. The molecule has 0 aliphatic carbocycles. The van der Waals surface area contributed by atoms with E-state index in [0.717, 1.165) is 5.56 Å². The highest BCUT2D eigenvalue weighted by Gasteiger charge is 2.06. The Balaban J connectivity index is 2.53. The zero-order valence-corrected chi connectivity index (χ0v) is 8.77. The quantitative estimate of drug-likeness (QED) is 0.838. The molecule has 0 unspecified atom stereocenters. The lowest BCUT2D eigenvalue weighted by Gasteiger charge is -2.08. The molecule has 0 aliphatic heterocycles. The number of benzene rings is 2. The predicted molar refractivity (Wildman–Crippen MR) is 60.1 cm³/mol. The minimum Gasteiger partial charge on any atom is -0.508 e. The molecule has 0 aromatic heterocycles. The summed E-state index contributed by atoms with van der Waals surface area (Å²) in [5.41, 5.74) is 1.47. The molecule has 0 amide bonds. The van der Waals surface area contributed by atoms with E-state index in [1.165, 1.54) is 19.2 Å². The van der Waals surface area contributed by atoms with Gasteiger partial charge in [-0.1, -0.05) is 12.1 Å². The monoisotopic (exact) mass is 218 g/mol. The molecule has 0 atom stereocenters. The van der Waals surface area contributed by atoms with Gasteiger partial charge in [0.25, 0.3) is 0 Å². The van der Waals surface area contributed by atoms with E-state index in [0.29, 0.717) is 11.3 Å². The lowest BCUT2D eigenvalue weighted by atomic mass is 10.0. The van der Waals surface area contributed by atoms with Crippen LogP contribution in [0.5, 0.6) is 11.5 Å². The zero-order chi connectivity index (χ0) is 11.5. The van der Waals surface area contributed by atoms with Crippen molar-refractivity contribution in [3.8, 4) is 22.6 Å². The summed E-state index contributed by atoms with van der Waals surface area (Å²) < 4.78 is 18.3.